The smallest absolute Gasteiger partial charge is 0.120 e. The van der Waals surface area contributed by atoms with Crippen LogP contribution in [-0.2, 0) is 0 Å². The van der Waals surface area contributed by atoms with Gasteiger partial charge in [0.1, 0.15) is 5.76 Å². The summed E-state index contributed by atoms with van der Waals surface area (Å²) in [6, 6.07) is 3.95. The van der Waals surface area contributed by atoms with Crippen molar-refractivity contribution in [3.8, 4) is 12.3 Å². The molecule has 1 heterocycles. The van der Waals surface area contributed by atoms with E-state index in [2.05, 4.69) is 11.2 Å². The van der Waals surface area contributed by atoms with E-state index in [9.17, 15) is 0 Å². The highest BCUT2D eigenvalue weighted by Gasteiger charge is 2.18. The number of furan rings is 1. The molecule has 0 aliphatic heterocycles. The molecular weight excluding hydrogens is 162 g/mol. The second-order valence-corrected chi connectivity index (χ2v) is 3.65. The Hall–Kier alpha value is -1.20. The average Bonchev–Trinajstić information content (AvgIpc) is 2.55. The Morgan fingerprint density at radius 2 is 2.31 bits per heavy atom. The van der Waals surface area contributed by atoms with Crippen molar-refractivity contribution < 1.29 is 4.42 Å². The molecule has 1 atom stereocenters. The Kier molecular flexibility index (Phi) is 2.79. The number of hydrogen-bond donors (Lipinski definition) is 1. The van der Waals surface area contributed by atoms with E-state index in [0.29, 0.717) is 0 Å². The van der Waals surface area contributed by atoms with Crippen molar-refractivity contribution in [1.29, 1.82) is 0 Å². The Morgan fingerprint density at radius 3 is 2.77 bits per heavy atom. The molecule has 1 unspecified atom stereocenters. The quantitative estimate of drug-likeness (QED) is 0.717. The molecule has 0 saturated carbocycles. The van der Waals surface area contributed by atoms with Gasteiger partial charge in [0.15, 0.2) is 0 Å². The summed E-state index contributed by atoms with van der Waals surface area (Å²) in [4.78, 5) is 0. The normalized spacial score (nSPS) is 13.7. The van der Waals surface area contributed by atoms with Crippen molar-refractivity contribution in [1.82, 2.24) is 5.32 Å². The minimum absolute atomic E-state index is 0.140. The van der Waals surface area contributed by atoms with Crippen molar-refractivity contribution in [2.24, 2.45) is 0 Å². The predicted molar refractivity (Wildman–Crippen MR) is 53.2 cm³/mol. The molecule has 2 nitrogen and oxygen atoms in total. The molecule has 0 aliphatic carbocycles. The first-order valence-electron chi connectivity index (χ1n) is 4.34. The van der Waals surface area contributed by atoms with Crippen LogP contribution < -0.4 is 5.32 Å². The van der Waals surface area contributed by atoms with Crippen LogP contribution in [0.25, 0.3) is 0 Å². The van der Waals surface area contributed by atoms with Gasteiger partial charge in [0.2, 0.25) is 0 Å². The van der Waals surface area contributed by atoms with E-state index >= 15 is 0 Å². The molecule has 70 valence electrons. The molecule has 2 heteroatoms. The summed E-state index contributed by atoms with van der Waals surface area (Å²) in [5, 5.41) is 3.28. The van der Waals surface area contributed by atoms with Gasteiger partial charge in [-0.15, -0.1) is 6.42 Å². The molecule has 0 amide bonds. The van der Waals surface area contributed by atoms with Crippen LogP contribution in [0.1, 0.15) is 32.6 Å². The van der Waals surface area contributed by atoms with Gasteiger partial charge >= 0.3 is 0 Å². The van der Waals surface area contributed by atoms with E-state index in [1.165, 1.54) is 0 Å². The third-order valence-electron chi connectivity index (χ3n) is 1.91. The van der Waals surface area contributed by atoms with Crippen LogP contribution in [0.2, 0.25) is 0 Å². The van der Waals surface area contributed by atoms with Crippen LogP contribution in [0.4, 0.5) is 0 Å². The maximum atomic E-state index is 5.36. The fraction of sp³-hybridized carbons (Fsp3) is 0.455. The van der Waals surface area contributed by atoms with Gasteiger partial charge in [-0.05, 0) is 32.9 Å². The molecule has 1 aromatic rings. The lowest BCUT2D eigenvalue weighted by Crippen LogP contribution is -2.39. The van der Waals surface area contributed by atoms with E-state index in [4.69, 9.17) is 10.8 Å². The summed E-state index contributed by atoms with van der Waals surface area (Å²) >= 11 is 0. The van der Waals surface area contributed by atoms with E-state index < -0.39 is 0 Å². The third kappa shape index (κ3) is 2.64. The largest absolute Gasteiger partial charge is 0.468 e. The predicted octanol–water partition coefficient (Wildman–Crippen LogP) is 2.34. The monoisotopic (exact) mass is 177 g/mol. The van der Waals surface area contributed by atoms with Crippen LogP contribution in [-0.4, -0.2) is 5.54 Å². The summed E-state index contributed by atoms with van der Waals surface area (Å²) in [6.07, 6.45) is 7.03. The first-order valence-corrected chi connectivity index (χ1v) is 4.34. The number of nitrogens with one attached hydrogen (secondary N) is 1. The second kappa shape index (κ2) is 3.68. The van der Waals surface area contributed by atoms with Gasteiger partial charge in [0.25, 0.3) is 0 Å². The highest BCUT2D eigenvalue weighted by molar-refractivity contribution is 5.11. The molecule has 1 rings (SSSR count). The molecule has 0 bridgehead atoms. The minimum atomic E-state index is -0.299. The van der Waals surface area contributed by atoms with Crippen LogP contribution in [0.5, 0.6) is 0 Å². The summed E-state index contributed by atoms with van der Waals surface area (Å²) in [7, 11) is 0. The average molecular weight is 177 g/mol. The number of rotatable bonds is 3. The van der Waals surface area contributed by atoms with Crippen molar-refractivity contribution >= 4 is 0 Å². The van der Waals surface area contributed by atoms with Crippen molar-refractivity contribution in [3.63, 3.8) is 0 Å². The number of hydrogen-bond acceptors (Lipinski definition) is 2. The lowest BCUT2D eigenvalue weighted by molar-refractivity contribution is 0.372. The van der Waals surface area contributed by atoms with Gasteiger partial charge in [-0.2, -0.15) is 0 Å². The zero-order valence-corrected chi connectivity index (χ0v) is 8.29. The third-order valence-corrected chi connectivity index (χ3v) is 1.91. The van der Waals surface area contributed by atoms with E-state index in [1.807, 2.05) is 32.9 Å². The fourth-order valence-electron chi connectivity index (χ4n) is 1.19. The first-order chi connectivity index (χ1) is 6.05. The van der Waals surface area contributed by atoms with Gasteiger partial charge in [-0.1, -0.05) is 5.92 Å². The van der Waals surface area contributed by atoms with Crippen molar-refractivity contribution in [2.45, 2.75) is 32.4 Å². The molecule has 1 N–H and O–H groups in total. The highest BCUT2D eigenvalue weighted by atomic mass is 16.3. The molecule has 0 aromatic carbocycles. The maximum absolute atomic E-state index is 5.36. The van der Waals surface area contributed by atoms with E-state index in [1.54, 1.807) is 6.26 Å². The van der Waals surface area contributed by atoms with E-state index in [0.717, 1.165) is 5.76 Å². The SMILES string of the molecule is C#CC(C)(C)NC(C)c1ccco1. The summed E-state index contributed by atoms with van der Waals surface area (Å²) in [6.45, 7) is 5.96. The van der Waals surface area contributed by atoms with Gasteiger partial charge in [0.05, 0.1) is 17.8 Å². The Bertz CT molecular complexity index is 292. The Labute approximate surface area is 79.3 Å². The fourth-order valence-corrected chi connectivity index (χ4v) is 1.19. The molecule has 13 heavy (non-hydrogen) atoms. The maximum Gasteiger partial charge on any atom is 0.120 e. The molecule has 0 aliphatic rings. The highest BCUT2D eigenvalue weighted by Crippen LogP contribution is 2.15. The Balaban J connectivity index is 2.62. The van der Waals surface area contributed by atoms with Crippen LogP contribution in [0.15, 0.2) is 22.8 Å². The van der Waals surface area contributed by atoms with Crippen LogP contribution >= 0.6 is 0 Å². The van der Waals surface area contributed by atoms with E-state index in [-0.39, 0.29) is 11.6 Å². The molecule has 0 spiro atoms. The molecular formula is C11H15NO. The van der Waals surface area contributed by atoms with Crippen molar-refractivity contribution in [3.05, 3.63) is 24.2 Å². The lowest BCUT2D eigenvalue weighted by Gasteiger charge is -2.23. The molecule has 0 radical (unpaired) electrons. The van der Waals surface area contributed by atoms with Gasteiger partial charge < -0.3 is 4.42 Å². The zero-order chi connectivity index (χ0) is 9.90. The molecule has 0 saturated heterocycles. The van der Waals surface area contributed by atoms with Crippen LogP contribution in [0, 0.1) is 12.3 Å². The molecule has 1 aromatic heterocycles. The van der Waals surface area contributed by atoms with Crippen molar-refractivity contribution in [2.75, 3.05) is 0 Å². The first kappa shape index (κ1) is 9.88. The second-order valence-electron chi connectivity index (χ2n) is 3.65. The van der Waals surface area contributed by atoms with Gasteiger partial charge in [-0.3, -0.25) is 5.32 Å². The van der Waals surface area contributed by atoms with Gasteiger partial charge in [0, 0.05) is 0 Å². The van der Waals surface area contributed by atoms with Gasteiger partial charge in [-0.25, -0.2) is 0 Å². The summed E-state index contributed by atoms with van der Waals surface area (Å²) < 4.78 is 5.25. The summed E-state index contributed by atoms with van der Waals surface area (Å²) in [5.74, 6) is 3.59. The summed E-state index contributed by atoms with van der Waals surface area (Å²) in [5.41, 5.74) is -0.299. The standard InChI is InChI=1S/C11H15NO/c1-5-11(3,4)12-9(2)10-7-6-8-13-10/h1,6-9,12H,2-4H3. The molecule has 0 fully saturated rings. The number of terminal acetylenes is 1. The lowest BCUT2D eigenvalue weighted by atomic mass is 10.1. The topological polar surface area (TPSA) is 25.2 Å². The minimum Gasteiger partial charge on any atom is -0.468 e. The zero-order valence-electron chi connectivity index (χ0n) is 8.29. The Morgan fingerprint density at radius 1 is 1.62 bits per heavy atom. The van der Waals surface area contributed by atoms with Crippen LogP contribution in [0.3, 0.4) is 0 Å².